The summed E-state index contributed by atoms with van der Waals surface area (Å²) in [6.45, 7) is 5.44. The Morgan fingerprint density at radius 1 is 1.56 bits per heavy atom. The van der Waals surface area contributed by atoms with Crippen LogP contribution in [-0.4, -0.2) is 17.6 Å². The van der Waals surface area contributed by atoms with Crippen molar-refractivity contribution < 1.29 is 4.42 Å². The van der Waals surface area contributed by atoms with Crippen LogP contribution in [0.15, 0.2) is 10.6 Å². The highest BCUT2D eigenvalue weighted by molar-refractivity contribution is 5.00. The number of nitrogens with one attached hydrogen (secondary N) is 1. The van der Waals surface area contributed by atoms with Crippen molar-refractivity contribution in [3.05, 3.63) is 17.8 Å². The molecule has 3 heteroatoms. The highest BCUT2D eigenvalue weighted by Gasteiger charge is 2.19. The smallest absolute Gasteiger partial charge is 0.194 e. The molecule has 0 saturated heterocycles. The molecule has 16 heavy (non-hydrogen) atoms. The summed E-state index contributed by atoms with van der Waals surface area (Å²) in [4.78, 5) is 4.32. The molecule has 1 aromatic rings. The fraction of sp³-hybridized carbons (Fsp3) is 0.769. The quantitative estimate of drug-likeness (QED) is 0.721. The van der Waals surface area contributed by atoms with Crippen LogP contribution in [-0.2, 0) is 6.42 Å². The van der Waals surface area contributed by atoms with Crippen molar-refractivity contribution in [2.75, 3.05) is 6.54 Å². The Balaban J connectivity index is 1.69. The molecular weight excluding hydrogens is 200 g/mol. The van der Waals surface area contributed by atoms with E-state index in [1.165, 1.54) is 12.8 Å². The molecule has 0 aromatic carbocycles. The van der Waals surface area contributed by atoms with Gasteiger partial charge in [0.25, 0.3) is 0 Å². The zero-order chi connectivity index (χ0) is 11.4. The van der Waals surface area contributed by atoms with E-state index >= 15 is 0 Å². The largest absolute Gasteiger partial charge is 0.445 e. The second-order valence-corrected chi connectivity index (χ2v) is 4.80. The van der Waals surface area contributed by atoms with Gasteiger partial charge in [-0.15, -0.1) is 0 Å². The summed E-state index contributed by atoms with van der Waals surface area (Å²) in [6.07, 6.45) is 7.79. The molecule has 0 radical (unpaired) electrons. The van der Waals surface area contributed by atoms with E-state index in [1.807, 2.05) is 6.20 Å². The van der Waals surface area contributed by atoms with E-state index < -0.39 is 0 Å². The van der Waals surface area contributed by atoms with Crippen LogP contribution in [0.2, 0.25) is 0 Å². The van der Waals surface area contributed by atoms with Gasteiger partial charge in [-0.1, -0.05) is 13.8 Å². The van der Waals surface area contributed by atoms with Gasteiger partial charge in [0.2, 0.25) is 0 Å². The summed E-state index contributed by atoms with van der Waals surface area (Å²) in [6, 6.07) is 0.806. The highest BCUT2D eigenvalue weighted by atomic mass is 16.4. The van der Waals surface area contributed by atoms with Gasteiger partial charge in [-0.3, -0.25) is 0 Å². The number of aromatic nitrogens is 1. The van der Waals surface area contributed by atoms with Gasteiger partial charge >= 0.3 is 0 Å². The van der Waals surface area contributed by atoms with Gasteiger partial charge in [-0.2, -0.15) is 0 Å². The van der Waals surface area contributed by atoms with E-state index in [1.54, 1.807) is 0 Å². The molecule has 0 spiro atoms. The standard InChI is InChI=1S/C13H22N2O/c1-3-10(2)12-9-15-13(16-12)5-4-8-14-11-6-7-11/h9-11,14H,3-8H2,1-2H3. The lowest BCUT2D eigenvalue weighted by molar-refractivity contribution is 0.421. The van der Waals surface area contributed by atoms with Crippen LogP contribution in [0.3, 0.4) is 0 Å². The first-order valence-corrected chi connectivity index (χ1v) is 6.47. The lowest BCUT2D eigenvalue weighted by Gasteiger charge is -2.02. The van der Waals surface area contributed by atoms with Gasteiger partial charge < -0.3 is 9.73 Å². The number of hydrogen-bond donors (Lipinski definition) is 1. The van der Waals surface area contributed by atoms with Crippen LogP contribution in [0, 0.1) is 0 Å². The number of hydrogen-bond acceptors (Lipinski definition) is 3. The first-order valence-electron chi connectivity index (χ1n) is 6.47. The van der Waals surface area contributed by atoms with E-state index in [9.17, 15) is 0 Å². The molecular formula is C13H22N2O. The Hall–Kier alpha value is -0.830. The van der Waals surface area contributed by atoms with Gasteiger partial charge in [0.05, 0.1) is 6.20 Å². The number of nitrogens with zero attached hydrogens (tertiary/aromatic N) is 1. The second kappa shape index (κ2) is 5.48. The fourth-order valence-corrected chi connectivity index (χ4v) is 1.70. The lowest BCUT2D eigenvalue weighted by Crippen LogP contribution is -2.17. The molecule has 90 valence electrons. The molecule has 1 aliphatic rings. The first-order chi connectivity index (χ1) is 7.79. The predicted molar refractivity (Wildman–Crippen MR) is 64.6 cm³/mol. The average molecular weight is 222 g/mol. The molecule has 1 aliphatic carbocycles. The molecule has 0 amide bonds. The molecule has 1 fully saturated rings. The summed E-state index contributed by atoms with van der Waals surface area (Å²) in [7, 11) is 0. The Kier molecular flexibility index (Phi) is 3.99. The summed E-state index contributed by atoms with van der Waals surface area (Å²) in [5.74, 6) is 2.42. The van der Waals surface area contributed by atoms with Crippen molar-refractivity contribution >= 4 is 0 Å². The Bertz CT molecular complexity index is 317. The fourth-order valence-electron chi connectivity index (χ4n) is 1.70. The van der Waals surface area contributed by atoms with E-state index in [2.05, 4.69) is 24.1 Å². The van der Waals surface area contributed by atoms with E-state index in [0.29, 0.717) is 5.92 Å². The van der Waals surface area contributed by atoms with Crippen LogP contribution in [0.25, 0.3) is 0 Å². The van der Waals surface area contributed by atoms with Crippen molar-refractivity contribution in [1.82, 2.24) is 10.3 Å². The van der Waals surface area contributed by atoms with Gasteiger partial charge in [0, 0.05) is 18.4 Å². The normalized spacial score (nSPS) is 17.6. The van der Waals surface area contributed by atoms with Crippen LogP contribution in [0.4, 0.5) is 0 Å². The highest BCUT2D eigenvalue weighted by Crippen LogP contribution is 2.20. The monoisotopic (exact) mass is 222 g/mol. The minimum absolute atomic E-state index is 0.492. The Labute approximate surface area is 97.6 Å². The first kappa shape index (κ1) is 11.6. The van der Waals surface area contributed by atoms with Crippen LogP contribution in [0.1, 0.15) is 57.1 Å². The van der Waals surface area contributed by atoms with Gasteiger partial charge in [0.15, 0.2) is 5.89 Å². The third-order valence-corrected chi connectivity index (χ3v) is 3.25. The maximum atomic E-state index is 5.72. The minimum atomic E-state index is 0.492. The van der Waals surface area contributed by atoms with Crippen molar-refractivity contribution in [2.24, 2.45) is 0 Å². The molecule has 1 atom stereocenters. The molecule has 0 aliphatic heterocycles. The van der Waals surface area contributed by atoms with Gasteiger partial charge in [0.1, 0.15) is 5.76 Å². The van der Waals surface area contributed by atoms with Crippen molar-refractivity contribution in [3.8, 4) is 0 Å². The Morgan fingerprint density at radius 2 is 2.38 bits per heavy atom. The predicted octanol–water partition coefficient (Wildman–Crippen LogP) is 2.87. The minimum Gasteiger partial charge on any atom is -0.445 e. The molecule has 1 heterocycles. The summed E-state index contributed by atoms with van der Waals surface area (Å²) in [5, 5.41) is 3.50. The summed E-state index contributed by atoms with van der Waals surface area (Å²) >= 11 is 0. The lowest BCUT2D eigenvalue weighted by atomic mass is 10.1. The number of oxazole rings is 1. The zero-order valence-electron chi connectivity index (χ0n) is 10.3. The van der Waals surface area contributed by atoms with E-state index in [4.69, 9.17) is 4.42 Å². The molecule has 1 aromatic heterocycles. The number of aryl methyl sites for hydroxylation is 1. The van der Waals surface area contributed by atoms with Gasteiger partial charge in [-0.25, -0.2) is 4.98 Å². The zero-order valence-corrected chi connectivity index (χ0v) is 10.3. The topological polar surface area (TPSA) is 38.1 Å². The molecule has 1 unspecified atom stereocenters. The molecule has 1 N–H and O–H groups in total. The SMILES string of the molecule is CCC(C)c1cnc(CCCNC2CC2)o1. The summed E-state index contributed by atoms with van der Waals surface area (Å²) < 4.78 is 5.72. The van der Waals surface area contributed by atoms with Gasteiger partial charge in [-0.05, 0) is 32.2 Å². The van der Waals surface area contributed by atoms with Crippen LogP contribution >= 0.6 is 0 Å². The molecule has 3 nitrogen and oxygen atoms in total. The number of rotatable bonds is 7. The molecule has 1 saturated carbocycles. The second-order valence-electron chi connectivity index (χ2n) is 4.80. The van der Waals surface area contributed by atoms with Crippen molar-refractivity contribution in [1.29, 1.82) is 0 Å². The summed E-state index contributed by atoms with van der Waals surface area (Å²) in [5.41, 5.74) is 0. The third-order valence-electron chi connectivity index (χ3n) is 3.25. The maximum Gasteiger partial charge on any atom is 0.194 e. The van der Waals surface area contributed by atoms with E-state index in [-0.39, 0.29) is 0 Å². The van der Waals surface area contributed by atoms with Crippen molar-refractivity contribution in [2.45, 2.75) is 57.9 Å². The third kappa shape index (κ3) is 3.34. The van der Waals surface area contributed by atoms with Crippen molar-refractivity contribution in [3.63, 3.8) is 0 Å². The van der Waals surface area contributed by atoms with Crippen LogP contribution in [0.5, 0.6) is 0 Å². The molecule has 0 bridgehead atoms. The van der Waals surface area contributed by atoms with E-state index in [0.717, 1.165) is 43.5 Å². The average Bonchev–Trinajstić information content (AvgIpc) is 3.01. The molecule has 2 rings (SSSR count). The van der Waals surface area contributed by atoms with Crippen LogP contribution < -0.4 is 5.32 Å². The maximum absolute atomic E-state index is 5.72. The Morgan fingerprint density at radius 3 is 3.06 bits per heavy atom.